The summed E-state index contributed by atoms with van der Waals surface area (Å²) in [6, 6.07) is 8.51. The maximum absolute atomic E-state index is 13.3. The van der Waals surface area contributed by atoms with Crippen LogP contribution in [0.1, 0.15) is 36.6 Å². The summed E-state index contributed by atoms with van der Waals surface area (Å²) >= 11 is 6.22. The van der Waals surface area contributed by atoms with E-state index in [0.29, 0.717) is 23.4 Å². The van der Waals surface area contributed by atoms with E-state index in [4.69, 9.17) is 16.1 Å². The topological polar surface area (TPSA) is 58.3 Å². The molecule has 1 aromatic carbocycles. The highest BCUT2D eigenvalue weighted by atomic mass is 35.5. The molecule has 2 aliphatic rings. The van der Waals surface area contributed by atoms with Crippen LogP contribution in [0.15, 0.2) is 41.1 Å². The summed E-state index contributed by atoms with van der Waals surface area (Å²) in [4.78, 5) is 13.9. The van der Waals surface area contributed by atoms with E-state index in [1.54, 1.807) is 12.3 Å². The van der Waals surface area contributed by atoms with Crippen molar-refractivity contribution < 1.29 is 8.91 Å². The number of hydrogen-bond acceptors (Lipinski definition) is 6. The molecule has 0 bridgehead atoms. The van der Waals surface area contributed by atoms with Crippen LogP contribution < -0.4 is 4.90 Å². The summed E-state index contributed by atoms with van der Waals surface area (Å²) in [7, 11) is 0. The predicted molar refractivity (Wildman–Crippen MR) is 120 cm³/mol. The van der Waals surface area contributed by atoms with E-state index in [9.17, 15) is 4.39 Å². The smallest absolute Gasteiger partial charge is 0.261 e. The van der Waals surface area contributed by atoms with Crippen molar-refractivity contribution in [3.8, 4) is 11.5 Å². The average molecular weight is 464 g/mol. The number of pyridine rings is 1. The first-order valence-corrected chi connectivity index (χ1v) is 10.8. The molecule has 31 heavy (non-hydrogen) atoms. The zero-order valence-electron chi connectivity index (χ0n) is 17.0. The molecule has 0 spiro atoms. The van der Waals surface area contributed by atoms with E-state index in [-0.39, 0.29) is 18.2 Å². The molecular formula is C22H24Cl2FN5O. The second-order valence-electron chi connectivity index (χ2n) is 7.96. The third-order valence-electron chi connectivity index (χ3n) is 5.70. The van der Waals surface area contributed by atoms with Gasteiger partial charge in [-0.3, -0.25) is 4.90 Å². The van der Waals surface area contributed by atoms with Crippen LogP contribution in [0.25, 0.3) is 11.5 Å². The Bertz CT molecular complexity index is 1040. The van der Waals surface area contributed by atoms with Crippen molar-refractivity contribution in [1.29, 1.82) is 0 Å². The summed E-state index contributed by atoms with van der Waals surface area (Å²) < 4.78 is 18.9. The standard InChI is InChI=1S/C22H23ClFN5O.ClH/c23-19-13-17(24)7-6-16(19)14-28-9-2-10-29(12-11-28)21-18(3-1-8-25-21)22-26-20(27-30-22)15-4-5-15;/h1,3,6-8,13,15H,2,4-5,9-12,14H2;1H. The first-order chi connectivity index (χ1) is 14.7. The molecule has 164 valence electrons. The Kier molecular flexibility index (Phi) is 6.74. The molecule has 1 saturated carbocycles. The zero-order chi connectivity index (χ0) is 20.5. The minimum absolute atomic E-state index is 0. The van der Waals surface area contributed by atoms with Gasteiger partial charge in [0.25, 0.3) is 5.89 Å². The van der Waals surface area contributed by atoms with Crippen LogP contribution in [0.2, 0.25) is 5.02 Å². The van der Waals surface area contributed by atoms with Gasteiger partial charge in [0.2, 0.25) is 0 Å². The van der Waals surface area contributed by atoms with Gasteiger partial charge in [-0.1, -0.05) is 22.8 Å². The summed E-state index contributed by atoms with van der Waals surface area (Å²) in [5, 5.41) is 4.63. The summed E-state index contributed by atoms with van der Waals surface area (Å²) in [5.74, 6) is 2.37. The molecule has 0 amide bonds. The number of benzene rings is 1. The normalized spacial score (nSPS) is 17.3. The van der Waals surface area contributed by atoms with Gasteiger partial charge in [0.15, 0.2) is 5.82 Å². The fourth-order valence-corrected chi connectivity index (χ4v) is 4.13. The lowest BCUT2D eigenvalue weighted by molar-refractivity contribution is 0.285. The molecule has 1 aliphatic carbocycles. The highest BCUT2D eigenvalue weighted by Crippen LogP contribution is 2.39. The Hall–Kier alpha value is -2.22. The first kappa shape index (κ1) is 22.0. The van der Waals surface area contributed by atoms with E-state index in [1.165, 1.54) is 12.1 Å². The molecule has 1 aliphatic heterocycles. The van der Waals surface area contributed by atoms with E-state index < -0.39 is 0 Å². The lowest BCUT2D eigenvalue weighted by Crippen LogP contribution is -2.31. The van der Waals surface area contributed by atoms with Gasteiger partial charge in [0, 0.05) is 49.9 Å². The van der Waals surface area contributed by atoms with Crippen molar-refractivity contribution in [3.63, 3.8) is 0 Å². The van der Waals surface area contributed by atoms with Crippen LogP contribution in [0, 0.1) is 5.82 Å². The van der Waals surface area contributed by atoms with Gasteiger partial charge in [-0.05, 0) is 49.1 Å². The first-order valence-electron chi connectivity index (χ1n) is 10.4. The summed E-state index contributed by atoms with van der Waals surface area (Å²) in [5.41, 5.74) is 1.83. The van der Waals surface area contributed by atoms with Gasteiger partial charge in [-0.15, -0.1) is 12.4 Å². The second-order valence-corrected chi connectivity index (χ2v) is 8.37. The Balaban J connectivity index is 0.00000231. The van der Waals surface area contributed by atoms with Crippen LogP contribution in [0.4, 0.5) is 10.2 Å². The molecule has 0 radical (unpaired) electrons. The number of anilines is 1. The number of nitrogens with zero attached hydrogens (tertiary/aromatic N) is 5. The molecule has 0 atom stereocenters. The monoisotopic (exact) mass is 463 g/mol. The summed E-state index contributed by atoms with van der Waals surface area (Å²) in [6.45, 7) is 4.23. The number of halogens is 3. The Morgan fingerprint density at radius 2 is 2.00 bits per heavy atom. The quantitative estimate of drug-likeness (QED) is 0.534. The maximum atomic E-state index is 13.3. The lowest BCUT2D eigenvalue weighted by Gasteiger charge is -2.24. The Labute approximate surface area is 191 Å². The molecular weight excluding hydrogens is 440 g/mol. The van der Waals surface area contributed by atoms with E-state index in [2.05, 4.69) is 24.9 Å². The van der Waals surface area contributed by atoms with Gasteiger partial charge in [0.1, 0.15) is 11.6 Å². The van der Waals surface area contributed by atoms with Crippen molar-refractivity contribution in [3.05, 3.63) is 58.8 Å². The minimum Gasteiger partial charge on any atom is -0.355 e. The third kappa shape index (κ3) is 5.00. The second kappa shape index (κ2) is 9.51. The Morgan fingerprint density at radius 1 is 1.13 bits per heavy atom. The fourth-order valence-electron chi connectivity index (χ4n) is 3.90. The van der Waals surface area contributed by atoms with E-state index in [1.807, 2.05) is 12.1 Å². The average Bonchev–Trinajstić information content (AvgIpc) is 3.53. The van der Waals surface area contributed by atoms with E-state index in [0.717, 1.165) is 68.2 Å². The molecule has 1 saturated heterocycles. The van der Waals surface area contributed by atoms with Crippen LogP contribution in [-0.4, -0.2) is 46.2 Å². The van der Waals surface area contributed by atoms with Crippen LogP contribution >= 0.6 is 24.0 Å². The largest absolute Gasteiger partial charge is 0.355 e. The van der Waals surface area contributed by atoms with Crippen LogP contribution in [-0.2, 0) is 6.54 Å². The van der Waals surface area contributed by atoms with Crippen molar-refractivity contribution in [1.82, 2.24) is 20.0 Å². The highest BCUT2D eigenvalue weighted by molar-refractivity contribution is 6.31. The molecule has 3 heterocycles. The molecule has 3 aromatic rings. The molecule has 9 heteroatoms. The van der Waals surface area contributed by atoms with Crippen molar-refractivity contribution >= 4 is 29.8 Å². The minimum atomic E-state index is -0.306. The summed E-state index contributed by atoms with van der Waals surface area (Å²) in [6.07, 6.45) is 5.07. The molecule has 0 N–H and O–H groups in total. The van der Waals surface area contributed by atoms with Gasteiger partial charge in [-0.2, -0.15) is 4.98 Å². The van der Waals surface area contributed by atoms with Gasteiger partial charge in [0.05, 0.1) is 5.56 Å². The van der Waals surface area contributed by atoms with Gasteiger partial charge >= 0.3 is 0 Å². The Morgan fingerprint density at radius 3 is 2.81 bits per heavy atom. The van der Waals surface area contributed by atoms with Gasteiger partial charge < -0.3 is 9.42 Å². The number of aromatic nitrogens is 3. The third-order valence-corrected chi connectivity index (χ3v) is 6.05. The lowest BCUT2D eigenvalue weighted by atomic mass is 10.2. The van der Waals surface area contributed by atoms with Crippen molar-refractivity contribution in [2.24, 2.45) is 0 Å². The van der Waals surface area contributed by atoms with Crippen LogP contribution in [0.5, 0.6) is 0 Å². The predicted octanol–water partition coefficient (Wildman–Crippen LogP) is 4.94. The molecule has 6 nitrogen and oxygen atoms in total. The van der Waals surface area contributed by atoms with Crippen molar-refractivity contribution in [2.45, 2.75) is 31.7 Å². The number of rotatable bonds is 5. The maximum Gasteiger partial charge on any atom is 0.261 e. The highest BCUT2D eigenvalue weighted by Gasteiger charge is 2.30. The molecule has 2 aromatic heterocycles. The number of hydrogen-bond donors (Lipinski definition) is 0. The van der Waals surface area contributed by atoms with Gasteiger partial charge in [-0.25, -0.2) is 9.37 Å². The fraction of sp³-hybridized carbons (Fsp3) is 0.409. The molecule has 0 unspecified atom stereocenters. The molecule has 5 rings (SSSR count). The van der Waals surface area contributed by atoms with Crippen molar-refractivity contribution in [2.75, 3.05) is 31.1 Å². The van der Waals surface area contributed by atoms with E-state index >= 15 is 0 Å². The SMILES string of the molecule is Cl.Fc1ccc(CN2CCCN(c3ncccc3-c3nc(C4CC4)no3)CC2)c(Cl)c1. The van der Waals surface area contributed by atoms with Crippen LogP contribution in [0.3, 0.4) is 0 Å². The molecule has 2 fully saturated rings. The zero-order valence-corrected chi connectivity index (χ0v) is 18.6.